The van der Waals surface area contributed by atoms with Crippen LogP contribution >= 0.6 is 11.8 Å². The number of aryl methyl sites for hydroxylation is 1. The monoisotopic (exact) mass is 276 g/mol. The number of aromatic nitrogens is 3. The smallest absolute Gasteiger partial charge is 0.191 e. The molecular formula is C13H16N4OS. The molecule has 0 aliphatic rings. The van der Waals surface area contributed by atoms with Crippen molar-refractivity contribution in [1.29, 1.82) is 5.26 Å². The Bertz CT molecular complexity index is 582. The van der Waals surface area contributed by atoms with Gasteiger partial charge in [-0.15, -0.1) is 10.2 Å². The van der Waals surface area contributed by atoms with Crippen molar-refractivity contribution in [3.8, 4) is 17.5 Å². The molecule has 6 heteroatoms. The summed E-state index contributed by atoms with van der Waals surface area (Å²) >= 11 is 1.67. The molecule has 0 aromatic carbocycles. The Kier molecular flexibility index (Phi) is 4.63. The van der Waals surface area contributed by atoms with Crippen molar-refractivity contribution >= 4 is 11.8 Å². The van der Waals surface area contributed by atoms with Crippen LogP contribution in [0.15, 0.2) is 21.9 Å². The van der Waals surface area contributed by atoms with Gasteiger partial charge in [0.2, 0.25) is 0 Å². The summed E-state index contributed by atoms with van der Waals surface area (Å²) in [4.78, 5) is 0. The molecule has 0 atom stereocenters. The van der Waals surface area contributed by atoms with Crippen LogP contribution in [0.4, 0.5) is 0 Å². The fourth-order valence-electron chi connectivity index (χ4n) is 1.76. The molecule has 0 N–H and O–H groups in total. The quantitative estimate of drug-likeness (QED) is 0.599. The van der Waals surface area contributed by atoms with E-state index in [1.54, 1.807) is 18.0 Å². The largest absolute Gasteiger partial charge is 0.469 e. The Morgan fingerprint density at radius 1 is 1.42 bits per heavy atom. The van der Waals surface area contributed by atoms with Crippen LogP contribution in [0.5, 0.6) is 0 Å². The third-order valence-corrected chi connectivity index (χ3v) is 3.96. The van der Waals surface area contributed by atoms with Crippen molar-refractivity contribution in [2.75, 3.05) is 5.75 Å². The van der Waals surface area contributed by atoms with Crippen LogP contribution in [0.25, 0.3) is 11.4 Å². The molecule has 0 amide bonds. The second-order valence-electron chi connectivity index (χ2n) is 4.22. The number of unbranched alkanes of at least 4 members (excludes halogenated alkanes) is 2. The average molecular weight is 276 g/mol. The highest BCUT2D eigenvalue weighted by molar-refractivity contribution is 7.99. The summed E-state index contributed by atoms with van der Waals surface area (Å²) in [5.41, 5.74) is 0.978. The van der Waals surface area contributed by atoms with Gasteiger partial charge < -0.3 is 8.98 Å². The molecule has 2 aromatic heterocycles. The van der Waals surface area contributed by atoms with Gasteiger partial charge in [-0.25, -0.2) is 0 Å². The molecule has 2 rings (SSSR count). The Morgan fingerprint density at radius 3 is 2.95 bits per heavy atom. The Hall–Kier alpha value is -1.74. The fraction of sp³-hybridized carbons (Fsp3) is 0.462. The van der Waals surface area contributed by atoms with Crippen LogP contribution in [-0.2, 0) is 7.05 Å². The van der Waals surface area contributed by atoms with Crippen LogP contribution in [-0.4, -0.2) is 20.5 Å². The fourth-order valence-corrected chi connectivity index (χ4v) is 2.67. The molecule has 5 nitrogen and oxygen atoms in total. The van der Waals surface area contributed by atoms with Crippen molar-refractivity contribution in [2.45, 2.75) is 31.3 Å². The maximum atomic E-state index is 8.47. The van der Waals surface area contributed by atoms with Crippen LogP contribution in [0.3, 0.4) is 0 Å². The lowest BCUT2D eigenvalue weighted by molar-refractivity contribution is 0.534. The van der Waals surface area contributed by atoms with Crippen LogP contribution in [0.1, 0.15) is 25.0 Å². The number of nitriles is 1. The van der Waals surface area contributed by atoms with Crippen LogP contribution in [0, 0.1) is 18.3 Å². The Labute approximate surface area is 116 Å². The third-order valence-electron chi connectivity index (χ3n) is 2.85. The van der Waals surface area contributed by atoms with Gasteiger partial charge in [0.1, 0.15) is 5.76 Å². The number of thioether (sulfide) groups is 1. The van der Waals surface area contributed by atoms with Crippen molar-refractivity contribution in [2.24, 2.45) is 7.05 Å². The van der Waals surface area contributed by atoms with E-state index in [0.717, 1.165) is 40.9 Å². The average Bonchev–Trinajstić information content (AvgIpc) is 2.96. The summed E-state index contributed by atoms with van der Waals surface area (Å²) in [6, 6.07) is 4.06. The number of hydrogen-bond acceptors (Lipinski definition) is 5. The summed E-state index contributed by atoms with van der Waals surface area (Å²) < 4.78 is 7.27. The summed E-state index contributed by atoms with van der Waals surface area (Å²) in [5, 5.41) is 17.8. The molecule has 19 heavy (non-hydrogen) atoms. The molecule has 0 fully saturated rings. The molecule has 100 valence electrons. The first kappa shape index (κ1) is 13.7. The van der Waals surface area contributed by atoms with Gasteiger partial charge in [-0.1, -0.05) is 11.8 Å². The van der Waals surface area contributed by atoms with Crippen LogP contribution in [0.2, 0.25) is 0 Å². The molecule has 0 saturated heterocycles. The molecule has 2 heterocycles. The minimum absolute atomic E-state index is 0.624. The topological polar surface area (TPSA) is 67.6 Å². The van der Waals surface area contributed by atoms with Gasteiger partial charge in [-0.05, 0) is 25.8 Å². The molecule has 0 unspecified atom stereocenters. The van der Waals surface area contributed by atoms with Crippen molar-refractivity contribution in [1.82, 2.24) is 14.8 Å². The first-order chi connectivity index (χ1) is 9.24. The van der Waals surface area contributed by atoms with Gasteiger partial charge >= 0.3 is 0 Å². The normalized spacial score (nSPS) is 10.6. The van der Waals surface area contributed by atoms with E-state index in [2.05, 4.69) is 16.3 Å². The Morgan fingerprint density at radius 2 is 2.26 bits per heavy atom. The second kappa shape index (κ2) is 6.43. The lowest BCUT2D eigenvalue weighted by Gasteiger charge is -2.02. The standard InChI is InChI=1S/C13H16N4OS/c1-10-11(6-8-18-10)12-15-16-13(17(12)2)19-9-5-3-4-7-14/h6,8H,3-5,9H2,1-2H3. The van der Waals surface area contributed by atoms with Gasteiger partial charge in [0, 0.05) is 19.2 Å². The maximum Gasteiger partial charge on any atom is 0.191 e. The highest BCUT2D eigenvalue weighted by atomic mass is 32.2. The van der Waals surface area contributed by atoms with E-state index in [-0.39, 0.29) is 0 Å². The van der Waals surface area contributed by atoms with Crippen LogP contribution < -0.4 is 0 Å². The molecule has 0 aliphatic heterocycles. The van der Waals surface area contributed by atoms with Crippen molar-refractivity contribution in [3.63, 3.8) is 0 Å². The van der Waals surface area contributed by atoms with E-state index >= 15 is 0 Å². The maximum absolute atomic E-state index is 8.47. The lowest BCUT2D eigenvalue weighted by Crippen LogP contribution is -1.95. The first-order valence-electron chi connectivity index (χ1n) is 6.17. The summed E-state index contributed by atoms with van der Waals surface area (Å²) in [6.45, 7) is 1.92. The summed E-state index contributed by atoms with van der Waals surface area (Å²) in [7, 11) is 1.96. The van der Waals surface area contributed by atoms with E-state index in [0.29, 0.717) is 6.42 Å². The van der Waals surface area contributed by atoms with Crippen molar-refractivity contribution in [3.05, 3.63) is 18.1 Å². The molecule has 2 aromatic rings. The molecule has 0 aliphatic carbocycles. The first-order valence-corrected chi connectivity index (χ1v) is 7.16. The van der Waals surface area contributed by atoms with Crippen molar-refractivity contribution < 1.29 is 4.42 Å². The molecule has 0 bridgehead atoms. The van der Waals surface area contributed by atoms with Gasteiger partial charge in [0.05, 0.1) is 17.9 Å². The molecular weight excluding hydrogens is 260 g/mol. The summed E-state index contributed by atoms with van der Waals surface area (Å²) in [6.07, 6.45) is 4.24. The van der Waals surface area contributed by atoms with Gasteiger partial charge in [0.25, 0.3) is 0 Å². The number of rotatable bonds is 6. The highest BCUT2D eigenvalue weighted by Crippen LogP contribution is 2.26. The molecule has 0 radical (unpaired) electrons. The predicted octanol–water partition coefficient (Wildman–Crippen LogP) is 3.17. The minimum Gasteiger partial charge on any atom is -0.469 e. The van der Waals surface area contributed by atoms with E-state index in [1.165, 1.54) is 0 Å². The van der Waals surface area contributed by atoms with Gasteiger partial charge in [-0.3, -0.25) is 0 Å². The number of nitrogens with zero attached hydrogens (tertiary/aromatic N) is 4. The van der Waals surface area contributed by atoms with E-state index in [4.69, 9.17) is 9.68 Å². The van der Waals surface area contributed by atoms with Gasteiger partial charge in [-0.2, -0.15) is 5.26 Å². The van der Waals surface area contributed by atoms with Gasteiger partial charge in [0.15, 0.2) is 11.0 Å². The Balaban J connectivity index is 1.99. The molecule has 0 spiro atoms. The number of furan rings is 1. The SMILES string of the molecule is Cc1occc1-c1nnc(SCCCCC#N)n1C. The predicted molar refractivity (Wildman–Crippen MR) is 73.6 cm³/mol. The zero-order valence-corrected chi connectivity index (χ0v) is 11.9. The second-order valence-corrected chi connectivity index (χ2v) is 5.28. The molecule has 0 saturated carbocycles. The third kappa shape index (κ3) is 3.18. The van der Waals surface area contributed by atoms with E-state index in [9.17, 15) is 0 Å². The minimum atomic E-state index is 0.624. The lowest BCUT2D eigenvalue weighted by atomic mass is 10.2. The van der Waals surface area contributed by atoms with E-state index < -0.39 is 0 Å². The van der Waals surface area contributed by atoms with E-state index in [1.807, 2.05) is 24.6 Å². The highest BCUT2D eigenvalue weighted by Gasteiger charge is 2.14. The summed E-state index contributed by atoms with van der Waals surface area (Å²) in [5.74, 6) is 2.63. The number of hydrogen-bond donors (Lipinski definition) is 0. The zero-order valence-electron chi connectivity index (χ0n) is 11.1. The zero-order chi connectivity index (χ0) is 13.7.